The summed E-state index contributed by atoms with van der Waals surface area (Å²) in [7, 11) is 0. The van der Waals surface area contributed by atoms with Crippen molar-refractivity contribution in [3.63, 3.8) is 0 Å². The second-order valence-corrected chi connectivity index (χ2v) is 8.82. The lowest BCUT2D eigenvalue weighted by molar-refractivity contribution is -0.384. The number of amides is 1. The van der Waals surface area contributed by atoms with Gasteiger partial charge in [-0.25, -0.2) is 0 Å². The Bertz CT molecular complexity index is 1340. The maximum Gasteiger partial charge on any atom is 0.293 e. The summed E-state index contributed by atoms with van der Waals surface area (Å²) in [5.41, 5.74) is 2.52. The van der Waals surface area contributed by atoms with E-state index < -0.39 is 4.92 Å². The van der Waals surface area contributed by atoms with Crippen LogP contribution in [0.1, 0.15) is 11.1 Å². The minimum absolute atomic E-state index is 0.000472. The average Bonchev–Trinajstić information content (AvgIpc) is 3.21. The predicted octanol–water partition coefficient (Wildman–Crippen LogP) is 5.59. The summed E-state index contributed by atoms with van der Waals surface area (Å²) in [6.07, 6.45) is 0. The fourth-order valence-corrected chi connectivity index (χ4v) is 4.32. The Balaban J connectivity index is 1.57. The molecule has 0 unspecified atom stereocenters. The molecule has 1 N–H and O–H groups in total. The molecule has 0 radical (unpaired) electrons. The van der Waals surface area contributed by atoms with Gasteiger partial charge < -0.3 is 5.32 Å². The molecule has 0 spiro atoms. The third kappa shape index (κ3) is 5.44. The van der Waals surface area contributed by atoms with Gasteiger partial charge in [0, 0.05) is 11.6 Å². The molecule has 4 aromatic rings. The molecule has 34 heavy (non-hydrogen) atoms. The molecule has 0 bridgehead atoms. The summed E-state index contributed by atoms with van der Waals surface area (Å²) in [4.78, 5) is 23.4. The van der Waals surface area contributed by atoms with Gasteiger partial charge in [0.05, 0.1) is 22.2 Å². The van der Waals surface area contributed by atoms with Crippen molar-refractivity contribution in [2.45, 2.75) is 18.6 Å². The van der Waals surface area contributed by atoms with Gasteiger partial charge in [0.25, 0.3) is 5.69 Å². The van der Waals surface area contributed by atoms with Crippen LogP contribution < -0.4 is 5.32 Å². The number of anilines is 1. The van der Waals surface area contributed by atoms with Crippen molar-refractivity contribution in [3.8, 4) is 11.4 Å². The Morgan fingerprint density at radius 2 is 1.82 bits per heavy atom. The summed E-state index contributed by atoms with van der Waals surface area (Å²) < 4.78 is 1.91. The molecule has 0 aliphatic carbocycles. The third-order valence-corrected chi connectivity index (χ3v) is 6.27. The van der Waals surface area contributed by atoms with Gasteiger partial charge in [-0.15, -0.1) is 10.2 Å². The summed E-state index contributed by atoms with van der Waals surface area (Å²) in [5, 5.41) is 23.7. The molecule has 0 saturated carbocycles. The van der Waals surface area contributed by atoms with Crippen LogP contribution in [0.25, 0.3) is 11.4 Å². The van der Waals surface area contributed by atoms with E-state index in [1.54, 1.807) is 19.1 Å². The largest absolute Gasteiger partial charge is 0.320 e. The lowest BCUT2D eigenvalue weighted by Gasteiger charge is -2.11. The Labute approximate surface area is 205 Å². The maximum atomic E-state index is 12.6. The summed E-state index contributed by atoms with van der Waals surface area (Å²) in [6, 6.07) is 21.9. The van der Waals surface area contributed by atoms with Crippen molar-refractivity contribution in [1.82, 2.24) is 14.8 Å². The fraction of sp³-hybridized carbons (Fsp3) is 0.125. The second kappa shape index (κ2) is 10.5. The van der Waals surface area contributed by atoms with Crippen LogP contribution in [0.5, 0.6) is 0 Å². The van der Waals surface area contributed by atoms with Crippen LogP contribution in [0.2, 0.25) is 5.02 Å². The van der Waals surface area contributed by atoms with Gasteiger partial charge in [-0.1, -0.05) is 71.9 Å². The Hall–Kier alpha value is -3.69. The standard InChI is InChI=1S/C24H20ClN5O3S/c1-16-11-12-20(21(13-16)30(32)33)26-22(31)15-34-24-28-27-23(18-9-5-6-10-19(18)25)29(24)14-17-7-3-2-4-8-17/h2-13H,14-15H2,1H3,(H,26,31). The van der Waals surface area contributed by atoms with Gasteiger partial charge in [0.2, 0.25) is 5.91 Å². The van der Waals surface area contributed by atoms with Crippen molar-refractivity contribution < 1.29 is 9.72 Å². The van der Waals surface area contributed by atoms with Crippen molar-refractivity contribution in [2.75, 3.05) is 11.1 Å². The van der Waals surface area contributed by atoms with Crippen LogP contribution in [0.3, 0.4) is 0 Å². The smallest absolute Gasteiger partial charge is 0.293 e. The molecule has 1 amide bonds. The van der Waals surface area contributed by atoms with Crippen LogP contribution in [-0.4, -0.2) is 31.3 Å². The van der Waals surface area contributed by atoms with Gasteiger partial charge in [0.15, 0.2) is 11.0 Å². The highest BCUT2D eigenvalue weighted by Crippen LogP contribution is 2.30. The van der Waals surface area contributed by atoms with E-state index in [0.29, 0.717) is 22.5 Å². The number of carbonyl (C=O) groups excluding carboxylic acids is 1. The molecule has 0 saturated heterocycles. The topological polar surface area (TPSA) is 103 Å². The van der Waals surface area contributed by atoms with E-state index >= 15 is 0 Å². The lowest BCUT2D eigenvalue weighted by Crippen LogP contribution is -2.16. The molecule has 0 atom stereocenters. The maximum absolute atomic E-state index is 12.6. The monoisotopic (exact) mass is 493 g/mol. The van der Waals surface area contributed by atoms with Gasteiger partial charge in [0.1, 0.15) is 5.69 Å². The summed E-state index contributed by atoms with van der Waals surface area (Å²) >= 11 is 7.60. The van der Waals surface area contributed by atoms with E-state index in [1.807, 2.05) is 53.1 Å². The molecule has 0 aliphatic rings. The molecule has 1 heterocycles. The molecular weight excluding hydrogens is 474 g/mol. The molecular formula is C24H20ClN5O3S. The first-order valence-corrected chi connectivity index (χ1v) is 11.7. The number of nitro groups is 1. The first kappa shape index (κ1) is 23.5. The number of benzene rings is 3. The number of nitrogens with zero attached hydrogens (tertiary/aromatic N) is 4. The quantitative estimate of drug-likeness (QED) is 0.195. The van der Waals surface area contributed by atoms with Crippen molar-refractivity contribution >= 4 is 40.6 Å². The zero-order valence-corrected chi connectivity index (χ0v) is 19.7. The number of aromatic nitrogens is 3. The molecule has 172 valence electrons. The Morgan fingerprint density at radius 3 is 2.56 bits per heavy atom. The zero-order valence-electron chi connectivity index (χ0n) is 18.1. The van der Waals surface area contributed by atoms with Crippen LogP contribution in [0.15, 0.2) is 78.0 Å². The van der Waals surface area contributed by atoms with Crippen LogP contribution in [0.4, 0.5) is 11.4 Å². The second-order valence-electron chi connectivity index (χ2n) is 7.47. The number of thioether (sulfide) groups is 1. The molecule has 3 aromatic carbocycles. The van der Waals surface area contributed by atoms with Crippen molar-refractivity contribution in [2.24, 2.45) is 0 Å². The summed E-state index contributed by atoms with van der Waals surface area (Å²) in [6.45, 7) is 2.24. The van der Waals surface area contributed by atoms with E-state index in [0.717, 1.165) is 16.7 Å². The molecule has 0 fully saturated rings. The lowest BCUT2D eigenvalue weighted by atomic mass is 10.2. The van der Waals surface area contributed by atoms with Crippen LogP contribution >= 0.6 is 23.4 Å². The fourth-order valence-electron chi connectivity index (χ4n) is 3.36. The minimum Gasteiger partial charge on any atom is -0.320 e. The summed E-state index contributed by atoms with van der Waals surface area (Å²) in [5.74, 6) is 0.206. The number of rotatable bonds is 8. The normalized spacial score (nSPS) is 10.8. The molecule has 8 nitrogen and oxygen atoms in total. The van der Waals surface area contributed by atoms with Crippen molar-refractivity contribution in [3.05, 3.63) is 99.1 Å². The number of carbonyl (C=O) groups is 1. The number of nitrogens with one attached hydrogen (secondary N) is 1. The minimum atomic E-state index is -0.512. The van der Waals surface area contributed by atoms with Crippen LogP contribution in [-0.2, 0) is 11.3 Å². The van der Waals surface area contributed by atoms with E-state index in [9.17, 15) is 14.9 Å². The first-order chi connectivity index (χ1) is 16.4. The Kier molecular flexibility index (Phi) is 7.24. The predicted molar refractivity (Wildman–Crippen MR) is 133 cm³/mol. The average molecular weight is 494 g/mol. The molecule has 4 rings (SSSR count). The van der Waals surface area contributed by atoms with E-state index in [1.165, 1.54) is 23.9 Å². The SMILES string of the molecule is Cc1ccc(NC(=O)CSc2nnc(-c3ccccc3Cl)n2Cc2ccccc2)c([N+](=O)[O-])c1. The van der Waals surface area contributed by atoms with Gasteiger partial charge >= 0.3 is 0 Å². The highest BCUT2D eigenvalue weighted by atomic mass is 35.5. The first-order valence-electron chi connectivity index (χ1n) is 10.3. The number of hydrogen-bond donors (Lipinski definition) is 1. The van der Waals surface area contributed by atoms with Gasteiger partial charge in [-0.05, 0) is 36.2 Å². The van der Waals surface area contributed by atoms with Crippen LogP contribution in [0, 0.1) is 17.0 Å². The number of aryl methyl sites for hydroxylation is 1. The zero-order chi connectivity index (χ0) is 24.1. The molecule has 1 aromatic heterocycles. The highest BCUT2D eigenvalue weighted by molar-refractivity contribution is 7.99. The number of halogens is 1. The van der Waals surface area contributed by atoms with Gasteiger partial charge in [-0.3, -0.25) is 19.5 Å². The van der Waals surface area contributed by atoms with Crippen molar-refractivity contribution in [1.29, 1.82) is 0 Å². The van der Waals surface area contributed by atoms with E-state index in [4.69, 9.17) is 11.6 Å². The molecule has 10 heteroatoms. The number of nitro benzene ring substituents is 1. The number of hydrogen-bond acceptors (Lipinski definition) is 6. The highest BCUT2D eigenvalue weighted by Gasteiger charge is 2.20. The van der Waals surface area contributed by atoms with E-state index in [-0.39, 0.29) is 23.0 Å². The van der Waals surface area contributed by atoms with Gasteiger partial charge in [-0.2, -0.15) is 0 Å². The Morgan fingerprint density at radius 1 is 1.09 bits per heavy atom. The van der Waals surface area contributed by atoms with E-state index in [2.05, 4.69) is 15.5 Å². The molecule has 0 aliphatic heterocycles. The third-order valence-electron chi connectivity index (χ3n) is 4.97.